The van der Waals surface area contributed by atoms with Gasteiger partial charge in [0.2, 0.25) is 0 Å². The van der Waals surface area contributed by atoms with Crippen molar-refractivity contribution in [1.29, 1.82) is 0 Å². The van der Waals surface area contributed by atoms with E-state index in [0.29, 0.717) is 19.4 Å². The van der Waals surface area contributed by atoms with E-state index in [1.165, 1.54) is 29.3 Å². The van der Waals surface area contributed by atoms with Gasteiger partial charge in [-0.1, -0.05) is 6.07 Å². The molecule has 1 aromatic heterocycles. The van der Waals surface area contributed by atoms with Crippen LogP contribution in [0, 0.1) is 0 Å². The van der Waals surface area contributed by atoms with Gasteiger partial charge in [-0.25, -0.2) is 9.48 Å². The highest BCUT2D eigenvalue weighted by Gasteiger charge is 2.35. The lowest BCUT2D eigenvalue weighted by molar-refractivity contribution is -0.141. The lowest BCUT2D eigenvalue weighted by Gasteiger charge is -2.20. The molecule has 1 atom stereocenters. The molecular weight excluding hydrogens is 339 g/mol. The molecule has 0 spiro atoms. The monoisotopic (exact) mass is 353 g/mol. The number of aromatic nitrogens is 2. The third-order valence-electron chi connectivity index (χ3n) is 4.04. The number of alkyl halides is 3. The zero-order valence-corrected chi connectivity index (χ0v) is 12.9. The van der Waals surface area contributed by atoms with E-state index in [1.54, 1.807) is 0 Å². The number of carbonyl (C=O) groups is 2. The average molecular weight is 353 g/mol. The molecule has 1 aromatic carbocycles. The van der Waals surface area contributed by atoms with Gasteiger partial charge in [0.05, 0.1) is 11.3 Å². The highest BCUT2D eigenvalue weighted by Crippen LogP contribution is 2.30. The Morgan fingerprint density at radius 1 is 1.24 bits per heavy atom. The molecule has 1 amide bonds. The first-order valence-corrected chi connectivity index (χ1v) is 7.54. The van der Waals surface area contributed by atoms with Crippen LogP contribution in [0.4, 0.5) is 13.2 Å². The standard InChI is InChI=1S/C16H14F3N3O3/c17-16(18,19)10-3-1-4-11(9-10)22-8-6-12(20-22)14(23)21-7-2-5-13(21)15(24)25/h1,3-4,6,8-9,13H,2,5,7H2,(H,24,25). The van der Waals surface area contributed by atoms with Crippen LogP contribution in [0.2, 0.25) is 0 Å². The van der Waals surface area contributed by atoms with Crippen molar-refractivity contribution >= 4 is 11.9 Å². The normalized spacial score (nSPS) is 17.7. The van der Waals surface area contributed by atoms with Gasteiger partial charge in [0.1, 0.15) is 6.04 Å². The molecule has 132 valence electrons. The van der Waals surface area contributed by atoms with E-state index in [1.807, 2.05) is 0 Å². The molecule has 0 bridgehead atoms. The molecule has 1 N–H and O–H groups in total. The van der Waals surface area contributed by atoms with Gasteiger partial charge in [0.25, 0.3) is 5.91 Å². The lowest BCUT2D eigenvalue weighted by Crippen LogP contribution is -2.40. The molecule has 9 heteroatoms. The molecular formula is C16H14F3N3O3. The smallest absolute Gasteiger partial charge is 0.416 e. The first-order valence-electron chi connectivity index (χ1n) is 7.54. The minimum Gasteiger partial charge on any atom is -0.480 e. The summed E-state index contributed by atoms with van der Waals surface area (Å²) in [6.07, 6.45) is -2.16. The predicted octanol–water partition coefficient (Wildman–Crippen LogP) is 2.58. The maximum absolute atomic E-state index is 12.8. The molecule has 0 saturated carbocycles. The van der Waals surface area contributed by atoms with Gasteiger partial charge in [0.15, 0.2) is 5.69 Å². The lowest BCUT2D eigenvalue weighted by atomic mass is 10.2. The molecule has 1 fully saturated rings. The van der Waals surface area contributed by atoms with Crippen molar-refractivity contribution in [2.75, 3.05) is 6.54 Å². The number of hydrogen-bond acceptors (Lipinski definition) is 3. The van der Waals surface area contributed by atoms with E-state index in [9.17, 15) is 22.8 Å². The van der Waals surface area contributed by atoms with Crippen LogP contribution in [-0.4, -0.2) is 44.3 Å². The van der Waals surface area contributed by atoms with Gasteiger partial charge < -0.3 is 10.0 Å². The Labute approximate surface area is 140 Å². The topological polar surface area (TPSA) is 75.4 Å². The number of nitrogens with zero attached hydrogens (tertiary/aromatic N) is 3. The Bertz CT molecular complexity index is 816. The van der Waals surface area contributed by atoms with Crippen LogP contribution in [0.5, 0.6) is 0 Å². The number of benzene rings is 1. The van der Waals surface area contributed by atoms with Crippen molar-refractivity contribution in [3.8, 4) is 5.69 Å². The van der Waals surface area contributed by atoms with Gasteiger partial charge >= 0.3 is 12.1 Å². The van der Waals surface area contributed by atoms with Crippen LogP contribution in [0.3, 0.4) is 0 Å². The minimum absolute atomic E-state index is 0.00874. The molecule has 2 heterocycles. The molecule has 1 aliphatic rings. The Kier molecular flexibility index (Phi) is 4.23. The number of hydrogen-bond donors (Lipinski definition) is 1. The van der Waals surface area contributed by atoms with Gasteiger partial charge in [-0.2, -0.15) is 18.3 Å². The second kappa shape index (κ2) is 6.23. The molecule has 3 rings (SSSR count). The predicted molar refractivity (Wildman–Crippen MR) is 80.3 cm³/mol. The maximum Gasteiger partial charge on any atom is 0.416 e. The van der Waals surface area contributed by atoms with Crippen LogP contribution < -0.4 is 0 Å². The van der Waals surface area contributed by atoms with E-state index < -0.39 is 29.7 Å². The van der Waals surface area contributed by atoms with E-state index in [4.69, 9.17) is 5.11 Å². The summed E-state index contributed by atoms with van der Waals surface area (Å²) < 4.78 is 39.5. The molecule has 25 heavy (non-hydrogen) atoms. The highest BCUT2D eigenvalue weighted by atomic mass is 19.4. The van der Waals surface area contributed by atoms with E-state index in [0.717, 1.165) is 16.8 Å². The minimum atomic E-state index is -4.48. The summed E-state index contributed by atoms with van der Waals surface area (Å²) in [5.74, 6) is -1.63. The SMILES string of the molecule is O=C(O)C1CCCN1C(=O)c1ccn(-c2cccc(C(F)(F)F)c2)n1. The van der Waals surface area contributed by atoms with E-state index >= 15 is 0 Å². The Hall–Kier alpha value is -2.84. The molecule has 0 radical (unpaired) electrons. The van der Waals surface area contributed by atoms with Crippen LogP contribution in [0.15, 0.2) is 36.5 Å². The largest absolute Gasteiger partial charge is 0.480 e. The number of halogens is 3. The summed E-state index contributed by atoms with van der Waals surface area (Å²) >= 11 is 0. The number of aliphatic carboxylic acids is 1. The molecule has 2 aromatic rings. The summed E-state index contributed by atoms with van der Waals surface area (Å²) in [6, 6.07) is 5.03. The zero-order chi connectivity index (χ0) is 18.2. The number of carbonyl (C=O) groups excluding carboxylic acids is 1. The summed E-state index contributed by atoms with van der Waals surface area (Å²) in [7, 11) is 0. The molecule has 0 aliphatic carbocycles. The van der Waals surface area contributed by atoms with Crippen molar-refractivity contribution < 1.29 is 27.9 Å². The number of likely N-dealkylation sites (tertiary alicyclic amines) is 1. The van der Waals surface area contributed by atoms with Crippen molar-refractivity contribution in [2.45, 2.75) is 25.1 Å². The second-order valence-corrected chi connectivity index (χ2v) is 5.69. The fourth-order valence-corrected chi connectivity index (χ4v) is 2.82. The average Bonchev–Trinajstić information content (AvgIpc) is 3.23. The van der Waals surface area contributed by atoms with Crippen LogP contribution in [-0.2, 0) is 11.0 Å². The zero-order valence-electron chi connectivity index (χ0n) is 12.9. The van der Waals surface area contributed by atoms with Gasteiger partial charge in [-0.05, 0) is 37.1 Å². The van der Waals surface area contributed by atoms with Gasteiger partial charge in [-0.15, -0.1) is 0 Å². The third-order valence-corrected chi connectivity index (χ3v) is 4.04. The van der Waals surface area contributed by atoms with Crippen molar-refractivity contribution in [3.05, 3.63) is 47.8 Å². The van der Waals surface area contributed by atoms with E-state index in [2.05, 4.69) is 5.10 Å². The number of carboxylic acid groups (broad SMARTS) is 1. The number of rotatable bonds is 3. The van der Waals surface area contributed by atoms with Crippen molar-refractivity contribution in [1.82, 2.24) is 14.7 Å². The second-order valence-electron chi connectivity index (χ2n) is 5.69. The van der Waals surface area contributed by atoms with Crippen LogP contribution in [0.1, 0.15) is 28.9 Å². The van der Waals surface area contributed by atoms with Crippen molar-refractivity contribution in [3.63, 3.8) is 0 Å². The first kappa shape index (κ1) is 17.0. The maximum atomic E-state index is 12.8. The summed E-state index contributed by atoms with van der Waals surface area (Å²) in [4.78, 5) is 24.8. The number of carboxylic acids is 1. The summed E-state index contributed by atoms with van der Waals surface area (Å²) in [5, 5.41) is 13.2. The number of amides is 1. The Balaban J connectivity index is 1.86. The van der Waals surface area contributed by atoms with Gasteiger partial charge in [0, 0.05) is 12.7 Å². The van der Waals surface area contributed by atoms with E-state index in [-0.39, 0.29) is 11.4 Å². The molecule has 1 saturated heterocycles. The summed E-state index contributed by atoms with van der Waals surface area (Å²) in [5.41, 5.74) is -0.672. The Morgan fingerprint density at radius 2 is 2.00 bits per heavy atom. The fraction of sp³-hybridized carbons (Fsp3) is 0.312. The van der Waals surface area contributed by atoms with Crippen molar-refractivity contribution in [2.24, 2.45) is 0 Å². The van der Waals surface area contributed by atoms with Crippen LogP contribution >= 0.6 is 0 Å². The van der Waals surface area contributed by atoms with Crippen LogP contribution in [0.25, 0.3) is 5.69 Å². The third kappa shape index (κ3) is 3.35. The molecule has 6 nitrogen and oxygen atoms in total. The molecule has 1 aliphatic heterocycles. The highest BCUT2D eigenvalue weighted by molar-refractivity contribution is 5.95. The molecule has 1 unspecified atom stereocenters. The quantitative estimate of drug-likeness (QED) is 0.920. The fourth-order valence-electron chi connectivity index (χ4n) is 2.82. The van der Waals surface area contributed by atoms with Gasteiger partial charge in [-0.3, -0.25) is 4.79 Å². The first-order chi connectivity index (χ1) is 11.8. The Morgan fingerprint density at radius 3 is 2.68 bits per heavy atom. The summed E-state index contributed by atoms with van der Waals surface area (Å²) in [6.45, 7) is 0.312.